The second-order valence-electron chi connectivity index (χ2n) is 8.34. The summed E-state index contributed by atoms with van der Waals surface area (Å²) in [5, 5.41) is 0. The first-order chi connectivity index (χ1) is 15.5. The molecule has 170 valence electrons. The van der Waals surface area contributed by atoms with Gasteiger partial charge in [-0.15, -0.1) is 0 Å². The maximum atomic E-state index is 12.8. The summed E-state index contributed by atoms with van der Waals surface area (Å²) in [6.07, 6.45) is 10.4. The monoisotopic (exact) mass is 438 g/mol. The van der Waals surface area contributed by atoms with Gasteiger partial charge in [-0.3, -0.25) is 14.5 Å². The summed E-state index contributed by atoms with van der Waals surface area (Å²) in [5.41, 5.74) is 2.00. The minimum Gasteiger partial charge on any atom is -0.488 e. The third kappa shape index (κ3) is 4.41. The number of amides is 2. The Balaban J connectivity index is 1.52. The molecule has 1 unspecified atom stereocenters. The van der Waals surface area contributed by atoms with Crippen molar-refractivity contribution in [1.82, 2.24) is 14.8 Å². The van der Waals surface area contributed by atoms with E-state index in [4.69, 9.17) is 9.47 Å². The van der Waals surface area contributed by atoms with Gasteiger partial charge in [-0.2, -0.15) is 0 Å². The molecule has 8 heteroatoms. The van der Waals surface area contributed by atoms with Crippen molar-refractivity contribution in [1.29, 1.82) is 0 Å². The largest absolute Gasteiger partial charge is 0.488 e. The zero-order chi connectivity index (χ0) is 22.7. The predicted molar refractivity (Wildman–Crippen MR) is 121 cm³/mol. The Morgan fingerprint density at radius 2 is 2.03 bits per heavy atom. The number of ether oxygens (including phenoxy) is 2. The fourth-order valence-corrected chi connectivity index (χ4v) is 4.22. The number of carbonyl (C=O) groups excluding carboxylic acids is 2. The summed E-state index contributed by atoms with van der Waals surface area (Å²) in [6, 6.07) is 1.79. The molecule has 0 bridgehead atoms. The smallest absolute Gasteiger partial charge is 0.255 e. The van der Waals surface area contributed by atoms with Crippen molar-refractivity contribution in [3.8, 4) is 5.75 Å². The van der Waals surface area contributed by atoms with Crippen molar-refractivity contribution in [2.24, 2.45) is 5.92 Å². The van der Waals surface area contributed by atoms with Crippen molar-refractivity contribution in [2.45, 2.75) is 26.2 Å². The summed E-state index contributed by atoms with van der Waals surface area (Å²) in [6.45, 7) is 8.91. The number of anilines is 1. The number of nitrogens with zero attached hydrogens (tertiary/aromatic N) is 4. The number of allylic oxidation sites excluding steroid dienone is 2. The minimum absolute atomic E-state index is 0.00483. The van der Waals surface area contributed by atoms with Crippen molar-refractivity contribution < 1.29 is 19.1 Å². The summed E-state index contributed by atoms with van der Waals surface area (Å²) in [7, 11) is 1.58. The fraction of sp³-hybridized carbons (Fsp3) is 0.458. The maximum absolute atomic E-state index is 12.8. The Labute approximate surface area is 188 Å². The molecule has 8 nitrogen and oxygen atoms in total. The van der Waals surface area contributed by atoms with Crippen LogP contribution in [0.1, 0.15) is 36.5 Å². The first kappa shape index (κ1) is 22.1. The molecular formula is C24H30N4O4. The van der Waals surface area contributed by atoms with Crippen LogP contribution < -0.4 is 9.64 Å². The number of aromatic nitrogens is 1. The molecule has 32 heavy (non-hydrogen) atoms. The lowest BCUT2D eigenvalue weighted by atomic mass is 10.1. The van der Waals surface area contributed by atoms with Crippen LogP contribution in [0.25, 0.3) is 0 Å². The maximum Gasteiger partial charge on any atom is 0.255 e. The van der Waals surface area contributed by atoms with Gasteiger partial charge in [-0.1, -0.05) is 13.5 Å². The third-order valence-electron chi connectivity index (χ3n) is 5.96. The van der Waals surface area contributed by atoms with Crippen LogP contribution in [-0.2, 0) is 9.53 Å². The van der Waals surface area contributed by atoms with Crippen LogP contribution in [0, 0.1) is 5.92 Å². The number of likely N-dealkylation sites (tertiary alicyclic amines) is 1. The van der Waals surface area contributed by atoms with Crippen LogP contribution >= 0.6 is 0 Å². The van der Waals surface area contributed by atoms with Gasteiger partial charge in [0.25, 0.3) is 5.91 Å². The molecule has 3 aliphatic rings. The van der Waals surface area contributed by atoms with E-state index in [2.05, 4.69) is 11.6 Å². The van der Waals surface area contributed by atoms with E-state index in [9.17, 15) is 9.59 Å². The Bertz CT molecular complexity index is 965. The summed E-state index contributed by atoms with van der Waals surface area (Å²) < 4.78 is 10.9. The predicted octanol–water partition coefficient (Wildman–Crippen LogP) is 2.94. The molecule has 4 heterocycles. The Kier molecular flexibility index (Phi) is 6.60. The van der Waals surface area contributed by atoms with Gasteiger partial charge in [-0.25, -0.2) is 4.98 Å². The van der Waals surface area contributed by atoms with Crippen LogP contribution in [0.3, 0.4) is 0 Å². The highest BCUT2D eigenvalue weighted by Crippen LogP contribution is 2.34. The summed E-state index contributed by atoms with van der Waals surface area (Å²) in [5.74, 6) is 0.918. The third-order valence-corrected chi connectivity index (χ3v) is 5.96. The quantitative estimate of drug-likeness (QED) is 0.704. The highest BCUT2D eigenvalue weighted by Gasteiger charge is 2.28. The fourth-order valence-electron chi connectivity index (χ4n) is 4.22. The van der Waals surface area contributed by atoms with Gasteiger partial charge in [0, 0.05) is 44.0 Å². The lowest BCUT2D eigenvalue weighted by Gasteiger charge is -2.34. The highest BCUT2D eigenvalue weighted by atomic mass is 16.5. The first-order valence-corrected chi connectivity index (χ1v) is 11.1. The van der Waals surface area contributed by atoms with Crippen molar-refractivity contribution >= 4 is 17.6 Å². The number of fused-ring (bicyclic) bond motifs is 1. The van der Waals surface area contributed by atoms with E-state index in [0.29, 0.717) is 42.6 Å². The second kappa shape index (κ2) is 9.56. The average Bonchev–Trinajstić information content (AvgIpc) is 2.83. The molecule has 2 amide bonds. The number of rotatable bonds is 5. The number of hydrogen-bond acceptors (Lipinski definition) is 6. The van der Waals surface area contributed by atoms with Gasteiger partial charge in [-0.05, 0) is 37.5 Å². The van der Waals surface area contributed by atoms with E-state index in [1.807, 2.05) is 28.9 Å². The van der Waals surface area contributed by atoms with E-state index in [0.717, 1.165) is 31.6 Å². The van der Waals surface area contributed by atoms with E-state index >= 15 is 0 Å². The molecule has 0 spiro atoms. The first-order valence-electron chi connectivity index (χ1n) is 11.1. The zero-order valence-corrected chi connectivity index (χ0v) is 18.7. The number of pyridine rings is 1. The van der Waals surface area contributed by atoms with Gasteiger partial charge < -0.3 is 19.3 Å². The van der Waals surface area contributed by atoms with Crippen LogP contribution in [0.15, 0.2) is 48.6 Å². The van der Waals surface area contributed by atoms with Gasteiger partial charge in [0.1, 0.15) is 6.61 Å². The lowest BCUT2D eigenvalue weighted by molar-refractivity contribution is -0.132. The van der Waals surface area contributed by atoms with Gasteiger partial charge in [0.2, 0.25) is 5.91 Å². The van der Waals surface area contributed by atoms with Crippen LogP contribution in [0.4, 0.5) is 5.82 Å². The number of methoxy groups -OCH3 is 1. The Hall–Kier alpha value is -3.13. The molecule has 1 aromatic heterocycles. The average molecular weight is 439 g/mol. The molecule has 0 aliphatic carbocycles. The molecule has 0 N–H and O–H groups in total. The minimum atomic E-state index is -0.266. The topological polar surface area (TPSA) is 75.2 Å². The standard InChI is InChI=1S/C24H30N4O4/c1-17(16-31-3)23(29)27-10-7-20(13-18(27)2)28-11-12-32-21-14-19(15-25-22(21)28)24(30)26-8-5-4-6-9-26/h7,10,13-15,17H,2,4-6,8-9,11-12,16H2,1,3H3. The van der Waals surface area contributed by atoms with Gasteiger partial charge in [0.15, 0.2) is 11.6 Å². The molecule has 1 atom stereocenters. The Morgan fingerprint density at radius 3 is 2.75 bits per heavy atom. The lowest BCUT2D eigenvalue weighted by Crippen LogP contribution is -2.37. The summed E-state index contributed by atoms with van der Waals surface area (Å²) in [4.78, 5) is 35.5. The van der Waals surface area contributed by atoms with Crippen molar-refractivity contribution in [2.75, 3.05) is 44.9 Å². The SMILES string of the molecule is C=C1C=C(N2CCOc3cc(C(=O)N4CCCCC4)cnc32)C=CN1C(=O)C(C)COC. The number of hydrogen-bond donors (Lipinski definition) is 0. The second-order valence-corrected chi connectivity index (χ2v) is 8.34. The molecule has 4 rings (SSSR count). The van der Waals surface area contributed by atoms with E-state index in [-0.39, 0.29) is 17.7 Å². The molecule has 1 fully saturated rings. The molecule has 0 aromatic carbocycles. The molecule has 1 aromatic rings. The molecule has 0 radical (unpaired) electrons. The van der Waals surface area contributed by atoms with Crippen LogP contribution in [-0.4, -0.2) is 66.6 Å². The zero-order valence-electron chi connectivity index (χ0n) is 18.7. The van der Waals surface area contributed by atoms with Crippen molar-refractivity contribution in [3.63, 3.8) is 0 Å². The molecular weight excluding hydrogens is 408 g/mol. The molecule has 0 saturated carbocycles. The summed E-state index contributed by atoms with van der Waals surface area (Å²) >= 11 is 0. The van der Waals surface area contributed by atoms with E-state index in [1.54, 1.807) is 30.5 Å². The number of piperidine rings is 1. The van der Waals surface area contributed by atoms with E-state index in [1.165, 1.54) is 6.42 Å². The Morgan fingerprint density at radius 1 is 1.25 bits per heavy atom. The normalized spacial score (nSPS) is 19.2. The number of carbonyl (C=O) groups is 2. The van der Waals surface area contributed by atoms with Crippen molar-refractivity contribution in [3.05, 3.63) is 54.2 Å². The van der Waals surface area contributed by atoms with E-state index < -0.39 is 0 Å². The molecule has 1 saturated heterocycles. The van der Waals surface area contributed by atoms with Crippen LogP contribution in [0.2, 0.25) is 0 Å². The van der Waals surface area contributed by atoms with Crippen LogP contribution in [0.5, 0.6) is 5.75 Å². The van der Waals surface area contributed by atoms with Gasteiger partial charge >= 0.3 is 0 Å². The molecule has 3 aliphatic heterocycles. The van der Waals surface area contributed by atoms with Gasteiger partial charge in [0.05, 0.1) is 24.6 Å². The highest BCUT2D eigenvalue weighted by molar-refractivity contribution is 5.95.